The summed E-state index contributed by atoms with van der Waals surface area (Å²) in [5.41, 5.74) is 0.405. The zero-order valence-electron chi connectivity index (χ0n) is 15.7. The van der Waals surface area contributed by atoms with Crippen LogP contribution in [0.15, 0.2) is 53.3 Å². The van der Waals surface area contributed by atoms with E-state index in [1.165, 1.54) is 0 Å². The van der Waals surface area contributed by atoms with E-state index in [1.807, 2.05) is 6.07 Å². The highest BCUT2D eigenvalue weighted by Gasteiger charge is 2.16. The number of nitrogens with one attached hydrogen (secondary N) is 1. The lowest BCUT2D eigenvalue weighted by Gasteiger charge is -2.22. The van der Waals surface area contributed by atoms with E-state index in [-0.39, 0.29) is 24.6 Å². The van der Waals surface area contributed by atoms with Crippen LogP contribution >= 0.6 is 11.6 Å². The smallest absolute Gasteiger partial charge is 0.260 e. The van der Waals surface area contributed by atoms with E-state index in [0.29, 0.717) is 34.0 Å². The van der Waals surface area contributed by atoms with Gasteiger partial charge < -0.3 is 14.6 Å². The van der Waals surface area contributed by atoms with Crippen LogP contribution in [-0.2, 0) is 11.3 Å². The molecule has 1 aromatic heterocycles. The Bertz CT molecular complexity index is 1000. The monoisotopic (exact) mass is 399 g/mol. The predicted octanol–water partition coefficient (Wildman–Crippen LogP) is 3.78. The second-order valence-corrected chi connectivity index (χ2v) is 6.88. The summed E-state index contributed by atoms with van der Waals surface area (Å²) in [6.07, 6.45) is 1.80. The Balaban J connectivity index is 1.73. The number of hydrogen-bond acceptors (Lipinski definition) is 4. The number of aromatic nitrogens is 2. The molecule has 6 nitrogen and oxygen atoms in total. The van der Waals surface area contributed by atoms with Crippen LogP contribution in [0.5, 0.6) is 5.75 Å². The van der Waals surface area contributed by atoms with Gasteiger partial charge in [-0.25, -0.2) is 4.98 Å². The Morgan fingerprint density at radius 1 is 1.18 bits per heavy atom. The first-order chi connectivity index (χ1) is 13.6. The number of carbonyl (C=O) groups excluding carboxylic acids is 1. The molecule has 1 N–H and O–H groups in total. The van der Waals surface area contributed by atoms with Crippen molar-refractivity contribution in [1.82, 2.24) is 14.9 Å². The summed E-state index contributed by atoms with van der Waals surface area (Å²) in [5, 5.41) is 1.14. The van der Waals surface area contributed by atoms with Crippen LogP contribution in [0.1, 0.15) is 25.6 Å². The van der Waals surface area contributed by atoms with Gasteiger partial charge in [-0.3, -0.25) is 9.59 Å². The van der Waals surface area contributed by atoms with Crippen LogP contribution < -0.4 is 10.3 Å². The van der Waals surface area contributed by atoms with Gasteiger partial charge in [-0.05, 0) is 42.8 Å². The van der Waals surface area contributed by atoms with E-state index < -0.39 is 0 Å². The molecule has 1 amide bonds. The number of halogens is 1. The molecule has 3 aromatic rings. The molecule has 0 saturated carbocycles. The lowest BCUT2D eigenvalue weighted by molar-refractivity contribution is -0.134. The second kappa shape index (κ2) is 9.37. The van der Waals surface area contributed by atoms with Crippen molar-refractivity contribution in [3.63, 3.8) is 0 Å². The Labute approximate surface area is 168 Å². The zero-order valence-corrected chi connectivity index (χ0v) is 16.4. The standard InChI is InChI=1S/C21H22ClN3O3/c1-2-3-12-25(20(26)14-28-16-10-8-15(22)9-11-16)13-19-23-18-7-5-4-6-17(18)21(27)24-19/h4-11H,2-3,12-14H2,1H3,(H,23,24,27). The molecule has 0 unspecified atom stereocenters. The van der Waals surface area contributed by atoms with Crippen LogP contribution in [0.25, 0.3) is 10.9 Å². The van der Waals surface area contributed by atoms with Crippen molar-refractivity contribution in [2.24, 2.45) is 0 Å². The molecule has 0 aliphatic carbocycles. The minimum Gasteiger partial charge on any atom is -0.484 e. The molecule has 0 saturated heterocycles. The van der Waals surface area contributed by atoms with Gasteiger partial charge in [0.1, 0.15) is 11.6 Å². The van der Waals surface area contributed by atoms with Crippen molar-refractivity contribution in [3.05, 3.63) is 69.7 Å². The highest BCUT2D eigenvalue weighted by Crippen LogP contribution is 2.16. The first-order valence-corrected chi connectivity index (χ1v) is 9.58. The van der Waals surface area contributed by atoms with Gasteiger partial charge >= 0.3 is 0 Å². The van der Waals surface area contributed by atoms with E-state index in [0.717, 1.165) is 12.8 Å². The molecular weight excluding hydrogens is 378 g/mol. The fraction of sp³-hybridized carbons (Fsp3) is 0.286. The Kier molecular flexibility index (Phi) is 6.66. The molecule has 0 spiro atoms. The van der Waals surface area contributed by atoms with Gasteiger partial charge in [-0.1, -0.05) is 37.1 Å². The number of para-hydroxylation sites is 1. The van der Waals surface area contributed by atoms with Gasteiger partial charge in [-0.2, -0.15) is 0 Å². The molecule has 146 valence electrons. The Morgan fingerprint density at radius 2 is 1.93 bits per heavy atom. The number of aromatic amines is 1. The van der Waals surface area contributed by atoms with Crippen molar-refractivity contribution in [3.8, 4) is 5.75 Å². The first-order valence-electron chi connectivity index (χ1n) is 9.21. The molecule has 2 aromatic carbocycles. The van der Waals surface area contributed by atoms with E-state index in [1.54, 1.807) is 47.4 Å². The lowest BCUT2D eigenvalue weighted by Crippen LogP contribution is -2.36. The van der Waals surface area contributed by atoms with Crippen LogP contribution in [0.4, 0.5) is 0 Å². The molecule has 0 fully saturated rings. The van der Waals surface area contributed by atoms with Crippen LogP contribution in [0.3, 0.4) is 0 Å². The van der Waals surface area contributed by atoms with Crippen molar-refractivity contribution in [2.45, 2.75) is 26.3 Å². The number of hydrogen-bond donors (Lipinski definition) is 1. The molecule has 0 aliphatic rings. The third-order valence-corrected chi connectivity index (χ3v) is 4.56. The lowest BCUT2D eigenvalue weighted by atomic mass is 10.2. The van der Waals surface area contributed by atoms with Crippen molar-refractivity contribution >= 4 is 28.4 Å². The van der Waals surface area contributed by atoms with Crippen LogP contribution in [0, 0.1) is 0 Å². The predicted molar refractivity (Wildman–Crippen MR) is 110 cm³/mol. The number of unbranched alkanes of at least 4 members (excludes halogenated alkanes) is 1. The van der Waals surface area contributed by atoms with Gasteiger partial charge in [0.15, 0.2) is 6.61 Å². The maximum atomic E-state index is 12.7. The minimum absolute atomic E-state index is 0.0941. The fourth-order valence-corrected chi connectivity index (χ4v) is 2.92. The number of ether oxygens (including phenoxy) is 1. The molecule has 1 heterocycles. The summed E-state index contributed by atoms with van der Waals surface area (Å²) < 4.78 is 5.57. The zero-order chi connectivity index (χ0) is 19.9. The summed E-state index contributed by atoms with van der Waals surface area (Å²) in [6.45, 7) is 2.75. The highest BCUT2D eigenvalue weighted by atomic mass is 35.5. The average Bonchev–Trinajstić information content (AvgIpc) is 2.70. The molecule has 3 rings (SSSR count). The molecule has 7 heteroatoms. The second-order valence-electron chi connectivity index (χ2n) is 6.44. The highest BCUT2D eigenvalue weighted by molar-refractivity contribution is 6.30. The number of benzene rings is 2. The Morgan fingerprint density at radius 3 is 2.68 bits per heavy atom. The third-order valence-electron chi connectivity index (χ3n) is 4.31. The maximum absolute atomic E-state index is 12.7. The van der Waals surface area contributed by atoms with Crippen LogP contribution in [-0.4, -0.2) is 33.9 Å². The van der Waals surface area contributed by atoms with Crippen molar-refractivity contribution < 1.29 is 9.53 Å². The van der Waals surface area contributed by atoms with E-state index in [2.05, 4.69) is 16.9 Å². The van der Waals surface area contributed by atoms with E-state index >= 15 is 0 Å². The molecular formula is C21H22ClN3O3. The van der Waals surface area contributed by atoms with Crippen molar-refractivity contribution in [2.75, 3.05) is 13.2 Å². The number of carbonyl (C=O) groups is 1. The number of amides is 1. The summed E-state index contributed by atoms with van der Waals surface area (Å²) in [6, 6.07) is 14.0. The van der Waals surface area contributed by atoms with Crippen molar-refractivity contribution in [1.29, 1.82) is 0 Å². The van der Waals surface area contributed by atoms with Gasteiger partial charge in [0.05, 0.1) is 17.4 Å². The number of H-pyrrole nitrogens is 1. The van der Waals surface area contributed by atoms with E-state index in [9.17, 15) is 9.59 Å². The van der Waals surface area contributed by atoms with E-state index in [4.69, 9.17) is 16.3 Å². The van der Waals surface area contributed by atoms with Gasteiger partial charge in [0, 0.05) is 11.6 Å². The maximum Gasteiger partial charge on any atom is 0.260 e. The van der Waals surface area contributed by atoms with Gasteiger partial charge in [0.25, 0.3) is 11.5 Å². The minimum atomic E-state index is -0.207. The summed E-state index contributed by atoms with van der Waals surface area (Å²) in [7, 11) is 0. The van der Waals surface area contributed by atoms with Crippen LogP contribution in [0.2, 0.25) is 5.02 Å². The molecule has 0 aliphatic heterocycles. The number of fused-ring (bicyclic) bond motifs is 1. The largest absolute Gasteiger partial charge is 0.484 e. The summed E-state index contributed by atoms with van der Waals surface area (Å²) >= 11 is 5.86. The summed E-state index contributed by atoms with van der Waals surface area (Å²) in [4.78, 5) is 33.9. The van der Waals surface area contributed by atoms with Gasteiger partial charge in [-0.15, -0.1) is 0 Å². The Hall–Kier alpha value is -2.86. The molecule has 0 radical (unpaired) electrons. The quantitative estimate of drug-likeness (QED) is 0.625. The van der Waals surface area contributed by atoms with Gasteiger partial charge in [0.2, 0.25) is 0 Å². The molecule has 28 heavy (non-hydrogen) atoms. The molecule has 0 bridgehead atoms. The number of rotatable bonds is 8. The molecule has 0 atom stereocenters. The normalized spacial score (nSPS) is 10.8. The summed E-state index contributed by atoms with van der Waals surface area (Å²) in [5.74, 6) is 0.865. The number of nitrogens with zero attached hydrogens (tertiary/aromatic N) is 2. The average molecular weight is 400 g/mol. The SMILES string of the molecule is CCCCN(Cc1nc2ccccc2c(=O)[nH]1)C(=O)COc1ccc(Cl)cc1. The fourth-order valence-electron chi connectivity index (χ4n) is 2.80. The third kappa shape index (κ3) is 5.10. The first kappa shape index (κ1) is 19.9. The topological polar surface area (TPSA) is 75.3 Å².